The average molecular weight is 551 g/mol. The third-order valence-corrected chi connectivity index (χ3v) is 7.49. The molecule has 4 amide bonds. The topological polar surface area (TPSA) is 151 Å². The first kappa shape index (κ1) is 29.1. The minimum absolute atomic E-state index is 0.0311. The van der Waals surface area contributed by atoms with Crippen LogP contribution in [0.4, 0.5) is 5.82 Å². The number of carbonyl (C=O) groups is 4. The first-order valence-corrected chi connectivity index (χ1v) is 14.0. The van der Waals surface area contributed by atoms with Crippen molar-refractivity contribution in [3.8, 4) is 0 Å². The molecule has 0 atom stereocenters. The second-order valence-corrected chi connectivity index (χ2v) is 10.4. The van der Waals surface area contributed by atoms with Crippen LogP contribution < -0.4 is 21.3 Å². The number of ether oxygens (including phenoxy) is 1. The number of anilines is 1. The highest BCUT2D eigenvalue weighted by Crippen LogP contribution is 2.30. The number of amides is 4. The van der Waals surface area contributed by atoms with E-state index < -0.39 is 17.4 Å². The molecule has 11 heteroatoms. The van der Waals surface area contributed by atoms with Gasteiger partial charge in [-0.05, 0) is 43.2 Å². The Morgan fingerprint density at radius 3 is 2.33 bits per heavy atom. The second-order valence-electron chi connectivity index (χ2n) is 10.4. The maximum atomic E-state index is 13.6. The number of rotatable bonds is 12. The van der Waals surface area contributed by atoms with Crippen molar-refractivity contribution in [3.63, 3.8) is 0 Å². The first-order chi connectivity index (χ1) is 19.4. The highest BCUT2D eigenvalue weighted by molar-refractivity contribution is 6.05. The Balaban J connectivity index is 1.36. The fourth-order valence-corrected chi connectivity index (χ4v) is 5.42. The van der Waals surface area contributed by atoms with E-state index in [1.54, 1.807) is 7.11 Å². The van der Waals surface area contributed by atoms with Crippen LogP contribution in [0.3, 0.4) is 0 Å². The van der Waals surface area contributed by atoms with Crippen LogP contribution in [0.15, 0.2) is 36.7 Å². The van der Waals surface area contributed by atoms with Crippen LogP contribution in [-0.4, -0.2) is 65.4 Å². The van der Waals surface area contributed by atoms with E-state index in [1.807, 2.05) is 12.1 Å². The van der Waals surface area contributed by atoms with E-state index in [0.29, 0.717) is 32.4 Å². The zero-order chi connectivity index (χ0) is 28.4. The summed E-state index contributed by atoms with van der Waals surface area (Å²) in [7, 11) is 1.56. The number of aromatic nitrogens is 2. The minimum Gasteiger partial charge on any atom is -0.383 e. The van der Waals surface area contributed by atoms with Crippen LogP contribution in [0.1, 0.15) is 73.0 Å². The number of methoxy groups -OCH3 is 1. The normalized spacial score (nSPS) is 16.0. The van der Waals surface area contributed by atoms with Gasteiger partial charge in [0.15, 0.2) is 11.5 Å². The fourth-order valence-electron chi connectivity index (χ4n) is 5.42. The molecule has 2 aliphatic rings. The van der Waals surface area contributed by atoms with E-state index >= 15 is 0 Å². The van der Waals surface area contributed by atoms with Crippen molar-refractivity contribution in [1.82, 2.24) is 25.9 Å². The summed E-state index contributed by atoms with van der Waals surface area (Å²) in [5, 5.41) is 11.5. The lowest BCUT2D eigenvalue weighted by atomic mass is 9.80. The Kier molecular flexibility index (Phi) is 10.2. The van der Waals surface area contributed by atoms with Gasteiger partial charge in [0.2, 0.25) is 11.8 Å². The molecule has 0 radical (unpaired) electrons. The molecule has 1 fully saturated rings. The number of nitrogens with zero attached hydrogens (tertiary/aromatic N) is 2. The minimum atomic E-state index is -1.12. The Bertz CT molecular complexity index is 1190. The van der Waals surface area contributed by atoms with E-state index in [-0.39, 0.29) is 42.2 Å². The Morgan fingerprint density at radius 2 is 1.62 bits per heavy atom. The molecule has 4 rings (SSSR count). The van der Waals surface area contributed by atoms with Crippen molar-refractivity contribution in [2.45, 2.75) is 75.8 Å². The molecular formula is C29H38N6O5. The molecule has 11 nitrogen and oxygen atoms in total. The number of fused-ring (bicyclic) bond motifs is 1. The summed E-state index contributed by atoms with van der Waals surface area (Å²) in [4.78, 5) is 60.0. The molecule has 2 aromatic rings. The lowest BCUT2D eigenvalue weighted by Crippen LogP contribution is -2.58. The summed E-state index contributed by atoms with van der Waals surface area (Å²) >= 11 is 0. The quantitative estimate of drug-likeness (QED) is 0.295. The molecule has 0 saturated heterocycles. The Morgan fingerprint density at radius 1 is 0.950 bits per heavy atom. The molecule has 1 saturated carbocycles. The molecule has 0 spiro atoms. The molecule has 1 aromatic heterocycles. The van der Waals surface area contributed by atoms with Gasteiger partial charge in [0, 0.05) is 44.9 Å². The highest BCUT2D eigenvalue weighted by atomic mass is 16.5. The van der Waals surface area contributed by atoms with Crippen molar-refractivity contribution in [3.05, 3.63) is 53.5 Å². The van der Waals surface area contributed by atoms with Gasteiger partial charge in [0.25, 0.3) is 11.8 Å². The van der Waals surface area contributed by atoms with E-state index in [0.717, 1.165) is 32.1 Å². The van der Waals surface area contributed by atoms with Crippen molar-refractivity contribution < 1.29 is 23.9 Å². The average Bonchev–Trinajstić information content (AvgIpc) is 3.36. The third kappa shape index (κ3) is 7.62. The zero-order valence-electron chi connectivity index (χ0n) is 23.0. The molecule has 2 aliphatic carbocycles. The van der Waals surface area contributed by atoms with Gasteiger partial charge in [-0.25, -0.2) is 9.97 Å². The highest BCUT2D eigenvalue weighted by Gasteiger charge is 2.41. The molecule has 0 bridgehead atoms. The van der Waals surface area contributed by atoms with E-state index in [1.165, 1.54) is 23.5 Å². The summed E-state index contributed by atoms with van der Waals surface area (Å²) in [5.74, 6) is -1.20. The lowest BCUT2D eigenvalue weighted by Gasteiger charge is -2.36. The first-order valence-electron chi connectivity index (χ1n) is 14.0. The smallest absolute Gasteiger partial charge is 0.273 e. The number of benzene rings is 1. The van der Waals surface area contributed by atoms with Crippen LogP contribution in [0.5, 0.6) is 0 Å². The molecule has 1 heterocycles. The molecule has 1 aromatic carbocycles. The SMILES string of the molecule is COCCNC(=O)CCCC(=O)NC1(C(=O)Nc2nccnc2C(=O)NC2Cc3ccccc3C2)CCCCC1. The van der Waals surface area contributed by atoms with Crippen LogP contribution in [0.2, 0.25) is 0 Å². The maximum absolute atomic E-state index is 13.6. The van der Waals surface area contributed by atoms with Gasteiger partial charge in [-0.1, -0.05) is 43.5 Å². The number of carbonyl (C=O) groups excluding carboxylic acids is 4. The van der Waals surface area contributed by atoms with E-state index in [4.69, 9.17) is 4.74 Å². The molecule has 40 heavy (non-hydrogen) atoms. The van der Waals surface area contributed by atoms with Gasteiger partial charge < -0.3 is 26.0 Å². The predicted molar refractivity (Wildman–Crippen MR) is 148 cm³/mol. The van der Waals surface area contributed by atoms with Crippen molar-refractivity contribution in [2.24, 2.45) is 0 Å². The van der Waals surface area contributed by atoms with Crippen LogP contribution in [-0.2, 0) is 32.0 Å². The van der Waals surface area contributed by atoms with Gasteiger partial charge in [-0.15, -0.1) is 0 Å². The molecule has 0 aliphatic heterocycles. The maximum Gasteiger partial charge on any atom is 0.273 e. The van der Waals surface area contributed by atoms with Gasteiger partial charge in [0.05, 0.1) is 6.61 Å². The third-order valence-electron chi connectivity index (χ3n) is 7.49. The molecule has 214 valence electrons. The largest absolute Gasteiger partial charge is 0.383 e. The zero-order valence-corrected chi connectivity index (χ0v) is 23.0. The van der Waals surface area contributed by atoms with Crippen LogP contribution in [0.25, 0.3) is 0 Å². The molecule has 0 unspecified atom stereocenters. The molecular weight excluding hydrogens is 512 g/mol. The summed E-state index contributed by atoms with van der Waals surface area (Å²) < 4.78 is 4.91. The van der Waals surface area contributed by atoms with Gasteiger partial charge in [-0.2, -0.15) is 0 Å². The predicted octanol–water partition coefficient (Wildman–Crippen LogP) is 2.06. The van der Waals surface area contributed by atoms with Gasteiger partial charge in [0.1, 0.15) is 5.54 Å². The van der Waals surface area contributed by atoms with Gasteiger partial charge in [-0.3, -0.25) is 19.2 Å². The second kappa shape index (κ2) is 14.0. The summed E-state index contributed by atoms with van der Waals surface area (Å²) in [5.41, 5.74) is 1.34. The molecule has 4 N–H and O–H groups in total. The standard InChI is InChI=1S/C29H38N6O5/c1-40-17-16-30-23(36)10-7-11-24(37)35-29(12-5-2-6-13-29)28(39)34-26-25(31-14-15-32-26)27(38)33-22-18-20-8-3-4-9-21(20)19-22/h3-4,8-9,14-15,22H,2,5-7,10-13,16-19H2,1H3,(H,30,36)(H,33,38)(H,35,37)(H,32,34,39). The summed E-state index contributed by atoms with van der Waals surface area (Å²) in [6, 6.07) is 8.03. The Labute approximate surface area is 234 Å². The Hall–Kier alpha value is -3.86. The number of hydrogen-bond donors (Lipinski definition) is 4. The monoisotopic (exact) mass is 550 g/mol. The number of nitrogens with one attached hydrogen (secondary N) is 4. The number of hydrogen-bond acceptors (Lipinski definition) is 7. The van der Waals surface area contributed by atoms with E-state index in [2.05, 4.69) is 43.4 Å². The summed E-state index contributed by atoms with van der Waals surface area (Å²) in [6.07, 6.45) is 8.47. The van der Waals surface area contributed by atoms with Crippen LogP contribution >= 0.6 is 0 Å². The fraction of sp³-hybridized carbons (Fsp3) is 0.517. The lowest BCUT2D eigenvalue weighted by molar-refractivity contribution is -0.132. The van der Waals surface area contributed by atoms with E-state index in [9.17, 15) is 19.2 Å². The van der Waals surface area contributed by atoms with Crippen molar-refractivity contribution >= 4 is 29.4 Å². The van der Waals surface area contributed by atoms with Gasteiger partial charge >= 0.3 is 0 Å². The van der Waals surface area contributed by atoms with Crippen LogP contribution in [0, 0.1) is 0 Å². The van der Waals surface area contributed by atoms with Crippen molar-refractivity contribution in [1.29, 1.82) is 0 Å². The van der Waals surface area contributed by atoms with Crippen molar-refractivity contribution in [2.75, 3.05) is 25.6 Å². The summed E-state index contributed by atoms with van der Waals surface area (Å²) in [6.45, 7) is 0.843.